The zero-order valence-corrected chi connectivity index (χ0v) is 10.4. The molecule has 0 aliphatic heterocycles. The summed E-state index contributed by atoms with van der Waals surface area (Å²) in [5.41, 5.74) is 2.01. The predicted molar refractivity (Wildman–Crippen MR) is 68.2 cm³/mol. The molecule has 18 heavy (non-hydrogen) atoms. The van der Waals surface area contributed by atoms with Gasteiger partial charge in [0.2, 0.25) is 0 Å². The quantitative estimate of drug-likeness (QED) is 0.773. The minimum absolute atomic E-state index is 0.0769. The van der Waals surface area contributed by atoms with E-state index in [0.717, 1.165) is 5.56 Å². The largest absolute Gasteiger partial charge is 0.378 e. The molecular formula is C14H14N2O2. The number of hydrogen-bond acceptors (Lipinski definition) is 4. The molecule has 0 aliphatic carbocycles. The first-order valence-corrected chi connectivity index (χ1v) is 5.64. The predicted octanol–water partition coefficient (Wildman–Crippen LogP) is 2.49. The van der Waals surface area contributed by atoms with Crippen LogP contribution in [0.5, 0.6) is 0 Å². The van der Waals surface area contributed by atoms with Crippen molar-refractivity contribution in [3.63, 3.8) is 0 Å². The van der Waals surface area contributed by atoms with Gasteiger partial charge in [-0.05, 0) is 6.07 Å². The van der Waals surface area contributed by atoms with Crippen LogP contribution in [0.1, 0.15) is 23.1 Å². The molecule has 1 heterocycles. The van der Waals surface area contributed by atoms with Crippen LogP contribution in [0, 0.1) is 0 Å². The maximum atomic E-state index is 11.5. The van der Waals surface area contributed by atoms with Gasteiger partial charge in [-0.1, -0.05) is 30.3 Å². The van der Waals surface area contributed by atoms with Crippen molar-refractivity contribution in [3.8, 4) is 11.4 Å². The van der Waals surface area contributed by atoms with E-state index in [4.69, 9.17) is 4.74 Å². The molecule has 0 spiro atoms. The van der Waals surface area contributed by atoms with Crippen molar-refractivity contribution in [1.82, 2.24) is 9.97 Å². The normalized spacial score (nSPS) is 10.3. The molecule has 4 nitrogen and oxygen atoms in total. The van der Waals surface area contributed by atoms with Crippen LogP contribution in [-0.4, -0.2) is 22.9 Å². The van der Waals surface area contributed by atoms with Crippen molar-refractivity contribution in [3.05, 3.63) is 47.8 Å². The van der Waals surface area contributed by atoms with Gasteiger partial charge in [0.15, 0.2) is 11.6 Å². The van der Waals surface area contributed by atoms with Crippen molar-refractivity contribution in [1.29, 1.82) is 0 Å². The Balaban J connectivity index is 2.50. The average molecular weight is 242 g/mol. The number of rotatable bonds is 4. The van der Waals surface area contributed by atoms with E-state index in [0.29, 0.717) is 23.8 Å². The molecule has 0 saturated heterocycles. The van der Waals surface area contributed by atoms with Gasteiger partial charge in [-0.2, -0.15) is 0 Å². The van der Waals surface area contributed by atoms with E-state index >= 15 is 0 Å². The van der Waals surface area contributed by atoms with E-state index in [2.05, 4.69) is 9.97 Å². The summed E-state index contributed by atoms with van der Waals surface area (Å²) in [7, 11) is 1.59. The second-order valence-corrected chi connectivity index (χ2v) is 3.92. The molecule has 1 aromatic carbocycles. The molecule has 0 aliphatic rings. The van der Waals surface area contributed by atoms with Crippen LogP contribution in [0.2, 0.25) is 0 Å². The van der Waals surface area contributed by atoms with Crippen molar-refractivity contribution >= 4 is 5.78 Å². The third-order valence-electron chi connectivity index (χ3n) is 2.46. The fraction of sp³-hybridized carbons (Fsp3) is 0.214. The summed E-state index contributed by atoms with van der Waals surface area (Å²) in [4.78, 5) is 20.1. The van der Waals surface area contributed by atoms with Gasteiger partial charge in [0, 0.05) is 19.6 Å². The number of ether oxygens (including phenoxy) is 1. The highest BCUT2D eigenvalue weighted by atomic mass is 16.5. The second kappa shape index (κ2) is 5.51. The summed E-state index contributed by atoms with van der Waals surface area (Å²) in [6.07, 6.45) is 0. The Morgan fingerprint density at radius 3 is 2.56 bits per heavy atom. The number of hydrogen-bond donors (Lipinski definition) is 0. The molecule has 0 bridgehead atoms. The Morgan fingerprint density at radius 2 is 1.94 bits per heavy atom. The molecule has 0 fully saturated rings. The van der Waals surface area contributed by atoms with Gasteiger partial charge in [0.1, 0.15) is 5.69 Å². The van der Waals surface area contributed by atoms with E-state index in [1.54, 1.807) is 13.2 Å². The average Bonchev–Trinajstić information content (AvgIpc) is 2.40. The number of ketones is 1. The summed E-state index contributed by atoms with van der Waals surface area (Å²) in [5.74, 6) is 0.474. The SMILES string of the molecule is COCc1cc(C(C)=O)nc(-c2ccccc2)n1. The Hall–Kier alpha value is -2.07. The Bertz CT molecular complexity index is 553. The van der Waals surface area contributed by atoms with E-state index in [9.17, 15) is 4.79 Å². The second-order valence-electron chi connectivity index (χ2n) is 3.92. The summed E-state index contributed by atoms with van der Waals surface area (Å²) < 4.78 is 5.05. The molecule has 0 unspecified atom stereocenters. The van der Waals surface area contributed by atoms with Crippen LogP contribution < -0.4 is 0 Å². The Labute approximate surface area is 106 Å². The van der Waals surface area contributed by atoms with Crippen LogP contribution in [0.3, 0.4) is 0 Å². The number of carbonyl (C=O) groups excluding carboxylic acids is 1. The molecule has 1 aromatic heterocycles. The van der Waals surface area contributed by atoms with Crippen molar-refractivity contribution in [2.45, 2.75) is 13.5 Å². The molecule has 0 amide bonds. The number of carbonyl (C=O) groups is 1. The maximum Gasteiger partial charge on any atom is 0.178 e. The fourth-order valence-corrected chi connectivity index (χ4v) is 1.62. The van der Waals surface area contributed by atoms with Crippen LogP contribution in [0.15, 0.2) is 36.4 Å². The van der Waals surface area contributed by atoms with Crippen LogP contribution in [0.25, 0.3) is 11.4 Å². The molecule has 92 valence electrons. The minimum atomic E-state index is -0.0769. The van der Waals surface area contributed by atoms with Gasteiger partial charge < -0.3 is 4.74 Å². The number of nitrogens with zero attached hydrogens (tertiary/aromatic N) is 2. The standard InChI is InChI=1S/C14H14N2O2/c1-10(17)13-8-12(9-18-2)15-14(16-13)11-6-4-3-5-7-11/h3-8H,9H2,1-2H3. The van der Waals surface area contributed by atoms with Gasteiger partial charge in [0.25, 0.3) is 0 Å². The number of methoxy groups -OCH3 is 1. The highest BCUT2D eigenvalue weighted by Crippen LogP contribution is 2.16. The zero-order valence-electron chi connectivity index (χ0n) is 10.4. The van der Waals surface area contributed by atoms with Gasteiger partial charge in [-0.3, -0.25) is 4.79 Å². The number of Topliss-reactive ketones (excluding diaryl/α,β-unsaturated/α-hetero) is 1. The van der Waals surface area contributed by atoms with E-state index < -0.39 is 0 Å². The molecule has 2 aromatic rings. The summed E-state index contributed by atoms with van der Waals surface area (Å²) >= 11 is 0. The van der Waals surface area contributed by atoms with Gasteiger partial charge in [0.05, 0.1) is 12.3 Å². The lowest BCUT2D eigenvalue weighted by atomic mass is 10.2. The zero-order chi connectivity index (χ0) is 13.0. The van der Waals surface area contributed by atoms with Crippen molar-refractivity contribution in [2.75, 3.05) is 7.11 Å². The number of benzene rings is 1. The molecule has 0 N–H and O–H groups in total. The Kier molecular flexibility index (Phi) is 3.79. The van der Waals surface area contributed by atoms with Crippen molar-refractivity contribution < 1.29 is 9.53 Å². The first-order valence-electron chi connectivity index (χ1n) is 5.64. The molecule has 2 rings (SSSR count). The summed E-state index contributed by atoms with van der Waals surface area (Å²) in [5, 5.41) is 0. The lowest BCUT2D eigenvalue weighted by Gasteiger charge is -2.06. The van der Waals surface area contributed by atoms with E-state index in [1.165, 1.54) is 6.92 Å². The first-order chi connectivity index (χ1) is 8.70. The van der Waals surface area contributed by atoms with Crippen LogP contribution in [0.4, 0.5) is 0 Å². The van der Waals surface area contributed by atoms with E-state index in [1.807, 2.05) is 30.3 Å². The molecule has 0 atom stereocenters. The monoisotopic (exact) mass is 242 g/mol. The molecule has 0 radical (unpaired) electrons. The smallest absolute Gasteiger partial charge is 0.178 e. The van der Waals surface area contributed by atoms with Crippen molar-refractivity contribution in [2.24, 2.45) is 0 Å². The highest BCUT2D eigenvalue weighted by molar-refractivity contribution is 5.92. The number of aromatic nitrogens is 2. The third-order valence-corrected chi connectivity index (χ3v) is 2.46. The minimum Gasteiger partial charge on any atom is -0.378 e. The van der Waals surface area contributed by atoms with Crippen LogP contribution in [-0.2, 0) is 11.3 Å². The van der Waals surface area contributed by atoms with E-state index in [-0.39, 0.29) is 5.78 Å². The lowest BCUT2D eigenvalue weighted by Crippen LogP contribution is -2.04. The third kappa shape index (κ3) is 2.78. The van der Waals surface area contributed by atoms with Gasteiger partial charge in [-0.15, -0.1) is 0 Å². The van der Waals surface area contributed by atoms with Gasteiger partial charge in [-0.25, -0.2) is 9.97 Å². The fourth-order valence-electron chi connectivity index (χ4n) is 1.62. The Morgan fingerprint density at radius 1 is 1.22 bits per heavy atom. The van der Waals surface area contributed by atoms with Crippen LogP contribution >= 0.6 is 0 Å². The highest BCUT2D eigenvalue weighted by Gasteiger charge is 2.09. The molecular weight excluding hydrogens is 228 g/mol. The maximum absolute atomic E-state index is 11.5. The summed E-state index contributed by atoms with van der Waals surface area (Å²) in [6.45, 7) is 1.86. The summed E-state index contributed by atoms with van der Waals surface area (Å²) in [6, 6.07) is 11.2. The lowest BCUT2D eigenvalue weighted by molar-refractivity contribution is 0.101. The molecule has 4 heteroatoms. The topological polar surface area (TPSA) is 52.1 Å². The van der Waals surface area contributed by atoms with Gasteiger partial charge >= 0.3 is 0 Å². The molecule has 0 saturated carbocycles. The first kappa shape index (κ1) is 12.4.